The Bertz CT molecular complexity index is 436. The van der Waals surface area contributed by atoms with Gasteiger partial charge in [-0.25, -0.2) is 19.3 Å². The molecule has 0 spiro atoms. The number of aromatic nitrogens is 4. The first-order valence-electron chi connectivity index (χ1n) is 3.16. The number of carbonyl (C=O) groups is 1. The molecule has 0 aliphatic carbocycles. The van der Waals surface area contributed by atoms with Gasteiger partial charge in [0.25, 0.3) is 0 Å². The average molecular weight is 164 g/mol. The van der Waals surface area contributed by atoms with Crippen molar-refractivity contribution in [2.24, 2.45) is 0 Å². The van der Waals surface area contributed by atoms with Crippen LogP contribution in [0.3, 0.4) is 0 Å². The highest BCUT2D eigenvalue weighted by Crippen LogP contribution is 2.01. The Morgan fingerprint density at radius 2 is 2.33 bits per heavy atom. The minimum Gasteiger partial charge on any atom is -0.476 e. The number of rotatable bonds is 1. The van der Waals surface area contributed by atoms with Gasteiger partial charge in [0, 0.05) is 12.4 Å². The quantitative estimate of drug-likeness (QED) is 0.632. The third kappa shape index (κ3) is 0.815. The zero-order valence-corrected chi connectivity index (χ0v) is 5.88. The third-order valence-electron chi connectivity index (χ3n) is 1.40. The Morgan fingerprint density at radius 1 is 1.50 bits per heavy atom. The largest absolute Gasteiger partial charge is 0.476 e. The smallest absolute Gasteiger partial charge is 0.358 e. The first-order valence-corrected chi connectivity index (χ1v) is 3.16. The molecule has 0 bridgehead atoms. The monoisotopic (exact) mass is 164 g/mol. The summed E-state index contributed by atoms with van der Waals surface area (Å²) < 4.78 is 1.36. The fraction of sp³-hybridized carbons (Fsp3) is 0. The van der Waals surface area contributed by atoms with Crippen LogP contribution in [0.4, 0.5) is 0 Å². The molecule has 6 heteroatoms. The minimum absolute atomic E-state index is 0.0880. The van der Waals surface area contributed by atoms with Crippen molar-refractivity contribution in [3.8, 4) is 0 Å². The first kappa shape index (κ1) is 6.71. The van der Waals surface area contributed by atoms with E-state index in [4.69, 9.17) is 5.11 Å². The van der Waals surface area contributed by atoms with E-state index in [-0.39, 0.29) is 11.3 Å². The van der Waals surface area contributed by atoms with Crippen molar-refractivity contribution in [1.82, 2.24) is 19.6 Å². The summed E-state index contributed by atoms with van der Waals surface area (Å²) in [5.74, 6) is -1.10. The van der Waals surface area contributed by atoms with Gasteiger partial charge in [-0.05, 0) is 0 Å². The topological polar surface area (TPSA) is 80.4 Å². The molecule has 0 saturated carbocycles. The number of carboxylic acids is 1. The van der Waals surface area contributed by atoms with E-state index in [0.717, 1.165) is 0 Å². The molecule has 2 aromatic rings. The van der Waals surface area contributed by atoms with E-state index in [2.05, 4.69) is 15.1 Å². The summed E-state index contributed by atoms with van der Waals surface area (Å²) >= 11 is 0. The highest BCUT2D eigenvalue weighted by atomic mass is 16.4. The summed E-state index contributed by atoms with van der Waals surface area (Å²) in [6, 6.07) is 0. The third-order valence-corrected chi connectivity index (χ3v) is 1.40. The van der Waals surface area contributed by atoms with Crippen molar-refractivity contribution in [2.75, 3.05) is 0 Å². The van der Waals surface area contributed by atoms with Crippen LogP contribution in [-0.4, -0.2) is 30.7 Å². The number of aromatic carboxylic acids is 1. The molecule has 0 aliphatic heterocycles. The number of fused-ring (bicyclic) bond motifs is 1. The van der Waals surface area contributed by atoms with Gasteiger partial charge in [-0.15, -0.1) is 0 Å². The Labute approximate surface area is 66.5 Å². The lowest BCUT2D eigenvalue weighted by atomic mass is 10.4. The van der Waals surface area contributed by atoms with Crippen molar-refractivity contribution < 1.29 is 9.90 Å². The molecule has 6 nitrogen and oxygen atoms in total. The zero-order chi connectivity index (χ0) is 8.55. The van der Waals surface area contributed by atoms with Gasteiger partial charge in [0.2, 0.25) is 0 Å². The van der Waals surface area contributed by atoms with Gasteiger partial charge < -0.3 is 5.11 Å². The Hall–Kier alpha value is -1.98. The van der Waals surface area contributed by atoms with E-state index < -0.39 is 5.97 Å². The second kappa shape index (κ2) is 2.26. The zero-order valence-electron chi connectivity index (χ0n) is 5.88. The molecule has 0 amide bonds. The predicted octanol–water partition coefficient (Wildman–Crippen LogP) is -0.178. The van der Waals surface area contributed by atoms with E-state index in [1.807, 2.05) is 0 Å². The maximum atomic E-state index is 10.6. The fourth-order valence-electron chi connectivity index (χ4n) is 0.907. The van der Waals surface area contributed by atoms with Crippen molar-refractivity contribution in [3.63, 3.8) is 0 Å². The summed E-state index contributed by atoms with van der Waals surface area (Å²) in [5, 5.41) is 12.4. The summed E-state index contributed by atoms with van der Waals surface area (Å²) in [6.45, 7) is 0. The standard InChI is InChI=1S/C6H4N4O2/c11-6(12)4-5-7-1-2-10(5)9-3-8-4/h1-3H,(H,11,12). The summed E-state index contributed by atoms with van der Waals surface area (Å²) in [7, 11) is 0. The molecule has 0 aliphatic rings. The van der Waals surface area contributed by atoms with Crippen LogP contribution in [-0.2, 0) is 0 Å². The molecule has 1 N–H and O–H groups in total. The molecular formula is C6H4N4O2. The van der Waals surface area contributed by atoms with Crippen LogP contribution in [0.15, 0.2) is 18.7 Å². The van der Waals surface area contributed by atoms with Gasteiger partial charge in [-0.2, -0.15) is 5.10 Å². The number of nitrogens with zero attached hydrogens (tertiary/aromatic N) is 4. The van der Waals surface area contributed by atoms with Crippen LogP contribution in [0.5, 0.6) is 0 Å². The molecular weight excluding hydrogens is 160 g/mol. The SMILES string of the molecule is O=C(O)c1ncnn2ccnc12. The van der Waals surface area contributed by atoms with Gasteiger partial charge in [-0.1, -0.05) is 0 Å². The molecule has 2 rings (SSSR count). The van der Waals surface area contributed by atoms with Crippen LogP contribution >= 0.6 is 0 Å². The predicted molar refractivity (Wildman–Crippen MR) is 37.7 cm³/mol. The van der Waals surface area contributed by atoms with E-state index in [0.29, 0.717) is 0 Å². The number of hydrogen-bond acceptors (Lipinski definition) is 4. The normalized spacial score (nSPS) is 10.3. The maximum Gasteiger partial charge on any atom is 0.358 e. The molecule has 0 atom stereocenters. The second-order valence-corrected chi connectivity index (χ2v) is 2.11. The van der Waals surface area contributed by atoms with E-state index in [1.165, 1.54) is 17.0 Å². The van der Waals surface area contributed by atoms with Crippen LogP contribution in [0.2, 0.25) is 0 Å². The van der Waals surface area contributed by atoms with Gasteiger partial charge in [0.1, 0.15) is 6.33 Å². The Morgan fingerprint density at radius 3 is 3.08 bits per heavy atom. The van der Waals surface area contributed by atoms with Gasteiger partial charge in [0.15, 0.2) is 11.3 Å². The number of imidazole rings is 1. The van der Waals surface area contributed by atoms with Gasteiger partial charge in [-0.3, -0.25) is 0 Å². The highest BCUT2D eigenvalue weighted by molar-refractivity contribution is 5.91. The lowest BCUT2D eigenvalue weighted by Crippen LogP contribution is -2.05. The first-order chi connectivity index (χ1) is 5.79. The molecule has 0 fully saturated rings. The maximum absolute atomic E-state index is 10.6. The van der Waals surface area contributed by atoms with Crippen LogP contribution in [0, 0.1) is 0 Å². The molecule has 0 saturated heterocycles. The fourth-order valence-corrected chi connectivity index (χ4v) is 0.907. The molecule has 12 heavy (non-hydrogen) atoms. The van der Waals surface area contributed by atoms with E-state index in [1.54, 1.807) is 6.20 Å². The Kier molecular flexibility index (Phi) is 1.26. The van der Waals surface area contributed by atoms with Gasteiger partial charge >= 0.3 is 5.97 Å². The van der Waals surface area contributed by atoms with Crippen LogP contribution in [0.25, 0.3) is 5.65 Å². The van der Waals surface area contributed by atoms with Crippen LogP contribution < -0.4 is 0 Å². The summed E-state index contributed by atoms with van der Waals surface area (Å²) in [4.78, 5) is 18.0. The molecule has 60 valence electrons. The minimum atomic E-state index is -1.10. The summed E-state index contributed by atoms with van der Waals surface area (Å²) in [6.07, 6.45) is 4.21. The molecule has 2 aromatic heterocycles. The van der Waals surface area contributed by atoms with Gasteiger partial charge in [0.05, 0.1) is 0 Å². The van der Waals surface area contributed by atoms with Crippen LogP contribution in [0.1, 0.15) is 10.5 Å². The lowest BCUT2D eigenvalue weighted by Gasteiger charge is -1.93. The summed E-state index contributed by atoms with van der Waals surface area (Å²) in [5.41, 5.74) is 0.167. The molecule has 0 radical (unpaired) electrons. The molecule has 2 heterocycles. The van der Waals surface area contributed by atoms with Crippen molar-refractivity contribution in [2.45, 2.75) is 0 Å². The average Bonchev–Trinajstić information content (AvgIpc) is 2.49. The number of carboxylic acid groups (broad SMARTS) is 1. The molecule has 0 unspecified atom stereocenters. The highest BCUT2D eigenvalue weighted by Gasteiger charge is 2.10. The van der Waals surface area contributed by atoms with Crippen molar-refractivity contribution in [3.05, 3.63) is 24.4 Å². The second-order valence-electron chi connectivity index (χ2n) is 2.11. The molecule has 0 aromatic carbocycles. The van der Waals surface area contributed by atoms with E-state index >= 15 is 0 Å². The van der Waals surface area contributed by atoms with Crippen molar-refractivity contribution >= 4 is 11.6 Å². The lowest BCUT2D eigenvalue weighted by molar-refractivity contribution is 0.0691. The van der Waals surface area contributed by atoms with Crippen molar-refractivity contribution in [1.29, 1.82) is 0 Å². The Balaban J connectivity index is 2.82. The number of hydrogen-bond donors (Lipinski definition) is 1. The van der Waals surface area contributed by atoms with E-state index in [9.17, 15) is 4.79 Å².